The van der Waals surface area contributed by atoms with Crippen molar-refractivity contribution in [2.45, 2.75) is 0 Å². The van der Waals surface area contributed by atoms with Gasteiger partial charge in [0.15, 0.2) is 9.84 Å². The first-order chi connectivity index (χ1) is 7.48. The molecule has 16 heavy (non-hydrogen) atoms. The van der Waals surface area contributed by atoms with Crippen molar-refractivity contribution in [1.82, 2.24) is 0 Å². The summed E-state index contributed by atoms with van der Waals surface area (Å²) in [5.74, 6) is -0.219. The summed E-state index contributed by atoms with van der Waals surface area (Å²) in [4.78, 5) is 1.85. The third-order valence-electron chi connectivity index (χ3n) is 2.69. The van der Waals surface area contributed by atoms with Crippen LogP contribution in [0.15, 0.2) is 18.2 Å². The average Bonchev–Trinajstić information content (AvgIpc) is 2.22. The number of nitrogens with zero attached hydrogens (tertiary/aromatic N) is 1. The van der Waals surface area contributed by atoms with Crippen LogP contribution in [0.3, 0.4) is 0 Å². The van der Waals surface area contributed by atoms with Crippen LogP contribution in [-0.2, 0) is 9.84 Å². The van der Waals surface area contributed by atoms with E-state index in [9.17, 15) is 12.8 Å². The Labute approximate surface area is 93.8 Å². The number of sulfone groups is 1. The van der Waals surface area contributed by atoms with E-state index in [-0.39, 0.29) is 17.2 Å². The summed E-state index contributed by atoms with van der Waals surface area (Å²) in [5.41, 5.74) is 6.16. The molecule has 1 aromatic rings. The molecule has 0 spiro atoms. The summed E-state index contributed by atoms with van der Waals surface area (Å²) in [5, 5.41) is 0. The van der Waals surface area contributed by atoms with Gasteiger partial charge >= 0.3 is 0 Å². The minimum Gasteiger partial charge on any atom is -0.396 e. The number of anilines is 2. The fourth-order valence-electron chi connectivity index (χ4n) is 1.68. The van der Waals surface area contributed by atoms with Crippen molar-refractivity contribution in [2.24, 2.45) is 0 Å². The lowest BCUT2D eigenvalue weighted by Gasteiger charge is -2.28. The monoisotopic (exact) mass is 244 g/mol. The number of halogens is 1. The maximum Gasteiger partial charge on any atom is 0.153 e. The smallest absolute Gasteiger partial charge is 0.153 e. The molecule has 4 nitrogen and oxygen atoms in total. The van der Waals surface area contributed by atoms with E-state index < -0.39 is 15.7 Å². The molecule has 1 saturated heterocycles. The average molecular weight is 244 g/mol. The standard InChI is InChI=1S/C10H13FN2O2S/c11-9-7-8(1-2-10(9)12)13-3-5-16(14,15)6-4-13/h1-2,7H,3-6,12H2. The molecule has 1 aromatic carbocycles. The first-order valence-electron chi connectivity index (χ1n) is 4.98. The van der Waals surface area contributed by atoms with Gasteiger partial charge in [-0.25, -0.2) is 12.8 Å². The highest BCUT2D eigenvalue weighted by molar-refractivity contribution is 7.91. The molecule has 0 radical (unpaired) electrons. The van der Waals surface area contributed by atoms with Gasteiger partial charge in [-0.1, -0.05) is 0 Å². The van der Waals surface area contributed by atoms with Crippen LogP contribution in [0.1, 0.15) is 0 Å². The highest BCUT2D eigenvalue weighted by atomic mass is 32.2. The Morgan fingerprint density at radius 2 is 1.88 bits per heavy atom. The van der Waals surface area contributed by atoms with Gasteiger partial charge in [0.1, 0.15) is 5.82 Å². The van der Waals surface area contributed by atoms with Crippen molar-refractivity contribution >= 4 is 21.2 Å². The molecule has 2 rings (SSSR count). The molecule has 0 amide bonds. The van der Waals surface area contributed by atoms with E-state index >= 15 is 0 Å². The summed E-state index contributed by atoms with van der Waals surface area (Å²) < 4.78 is 35.7. The second kappa shape index (κ2) is 3.93. The Balaban J connectivity index is 2.17. The summed E-state index contributed by atoms with van der Waals surface area (Å²) >= 11 is 0. The van der Waals surface area contributed by atoms with Crippen LogP contribution >= 0.6 is 0 Å². The van der Waals surface area contributed by atoms with Gasteiger partial charge in [-0.05, 0) is 18.2 Å². The summed E-state index contributed by atoms with van der Waals surface area (Å²) in [6.45, 7) is 0.817. The van der Waals surface area contributed by atoms with Crippen LogP contribution in [-0.4, -0.2) is 33.0 Å². The molecule has 1 aliphatic heterocycles. The van der Waals surface area contributed by atoms with Crippen molar-refractivity contribution in [2.75, 3.05) is 35.2 Å². The molecule has 0 saturated carbocycles. The molecule has 6 heteroatoms. The highest BCUT2D eigenvalue weighted by Gasteiger charge is 2.21. The lowest BCUT2D eigenvalue weighted by atomic mass is 10.2. The SMILES string of the molecule is Nc1ccc(N2CCS(=O)(=O)CC2)cc1F. The number of hydrogen-bond acceptors (Lipinski definition) is 4. The number of hydrogen-bond donors (Lipinski definition) is 1. The molecular formula is C10H13FN2O2S. The number of nitrogens with two attached hydrogens (primary N) is 1. The predicted molar refractivity (Wildman–Crippen MR) is 61.7 cm³/mol. The molecular weight excluding hydrogens is 231 g/mol. The molecule has 1 heterocycles. The Morgan fingerprint density at radius 3 is 2.44 bits per heavy atom. The zero-order chi connectivity index (χ0) is 11.8. The van der Waals surface area contributed by atoms with E-state index in [4.69, 9.17) is 5.73 Å². The Hall–Kier alpha value is -1.30. The zero-order valence-corrected chi connectivity index (χ0v) is 9.50. The third-order valence-corrected chi connectivity index (χ3v) is 4.30. The van der Waals surface area contributed by atoms with Crippen molar-refractivity contribution in [3.63, 3.8) is 0 Å². The number of rotatable bonds is 1. The predicted octanol–water partition coefficient (Wildman–Crippen LogP) is 0.643. The minimum absolute atomic E-state index is 0.105. The highest BCUT2D eigenvalue weighted by Crippen LogP contribution is 2.21. The van der Waals surface area contributed by atoms with Crippen LogP contribution in [0.25, 0.3) is 0 Å². The Morgan fingerprint density at radius 1 is 1.25 bits per heavy atom. The van der Waals surface area contributed by atoms with Crippen molar-refractivity contribution < 1.29 is 12.8 Å². The fourth-order valence-corrected chi connectivity index (χ4v) is 2.88. The molecule has 1 aliphatic rings. The van der Waals surface area contributed by atoms with Gasteiger partial charge in [-0.15, -0.1) is 0 Å². The second-order valence-corrected chi connectivity index (χ2v) is 6.15. The van der Waals surface area contributed by atoms with E-state index in [1.165, 1.54) is 12.1 Å². The molecule has 0 aliphatic carbocycles. The molecule has 0 aromatic heterocycles. The van der Waals surface area contributed by atoms with Gasteiger partial charge in [-0.3, -0.25) is 0 Å². The third kappa shape index (κ3) is 2.27. The maximum absolute atomic E-state index is 13.2. The number of nitrogen functional groups attached to an aromatic ring is 1. The van der Waals surface area contributed by atoms with Gasteiger partial charge in [0.2, 0.25) is 0 Å². The van der Waals surface area contributed by atoms with E-state index in [1.807, 2.05) is 4.90 Å². The summed E-state index contributed by atoms with van der Waals surface area (Å²) in [7, 11) is -2.90. The molecule has 88 valence electrons. The number of benzene rings is 1. The van der Waals surface area contributed by atoms with Crippen LogP contribution in [0, 0.1) is 5.82 Å². The molecule has 0 atom stereocenters. The van der Waals surface area contributed by atoms with E-state index in [1.54, 1.807) is 6.07 Å². The molecule has 2 N–H and O–H groups in total. The van der Waals surface area contributed by atoms with E-state index in [0.29, 0.717) is 18.8 Å². The lowest BCUT2D eigenvalue weighted by molar-refractivity contribution is 0.586. The molecule has 1 fully saturated rings. The Bertz CT molecular complexity index is 488. The zero-order valence-electron chi connectivity index (χ0n) is 8.69. The summed E-state index contributed by atoms with van der Waals surface area (Å²) in [6.07, 6.45) is 0. The fraction of sp³-hybridized carbons (Fsp3) is 0.400. The van der Waals surface area contributed by atoms with Crippen LogP contribution in [0.2, 0.25) is 0 Å². The van der Waals surface area contributed by atoms with Gasteiger partial charge in [0, 0.05) is 18.8 Å². The van der Waals surface area contributed by atoms with Crippen LogP contribution in [0.4, 0.5) is 15.8 Å². The van der Waals surface area contributed by atoms with Crippen LogP contribution in [0.5, 0.6) is 0 Å². The van der Waals surface area contributed by atoms with Gasteiger partial charge in [-0.2, -0.15) is 0 Å². The normalized spacial score (nSPS) is 19.7. The Kier molecular flexibility index (Phi) is 2.75. The first-order valence-corrected chi connectivity index (χ1v) is 6.80. The first kappa shape index (κ1) is 11.2. The lowest BCUT2D eigenvalue weighted by Crippen LogP contribution is -2.40. The second-order valence-electron chi connectivity index (χ2n) is 3.84. The topological polar surface area (TPSA) is 63.4 Å². The van der Waals surface area contributed by atoms with Crippen molar-refractivity contribution in [3.05, 3.63) is 24.0 Å². The van der Waals surface area contributed by atoms with E-state index in [0.717, 1.165) is 0 Å². The largest absolute Gasteiger partial charge is 0.396 e. The summed E-state index contributed by atoms with van der Waals surface area (Å²) in [6, 6.07) is 4.54. The van der Waals surface area contributed by atoms with Crippen molar-refractivity contribution in [1.29, 1.82) is 0 Å². The van der Waals surface area contributed by atoms with Gasteiger partial charge < -0.3 is 10.6 Å². The molecule has 0 bridgehead atoms. The van der Waals surface area contributed by atoms with E-state index in [2.05, 4.69) is 0 Å². The molecule has 0 unspecified atom stereocenters. The van der Waals surface area contributed by atoms with Gasteiger partial charge in [0.25, 0.3) is 0 Å². The van der Waals surface area contributed by atoms with Crippen LogP contribution < -0.4 is 10.6 Å². The minimum atomic E-state index is -2.90. The quantitative estimate of drug-likeness (QED) is 0.736. The van der Waals surface area contributed by atoms with Crippen molar-refractivity contribution in [3.8, 4) is 0 Å². The maximum atomic E-state index is 13.2. The van der Waals surface area contributed by atoms with Gasteiger partial charge in [0.05, 0.1) is 17.2 Å².